The number of ether oxygens (including phenoxy) is 1. The van der Waals surface area contributed by atoms with Gasteiger partial charge in [-0.25, -0.2) is 4.39 Å². The fourth-order valence-corrected chi connectivity index (χ4v) is 6.51. The average molecular weight is 610 g/mol. The first-order valence-corrected chi connectivity index (χ1v) is 15.1. The molecule has 0 bridgehead atoms. The zero-order valence-electron chi connectivity index (χ0n) is 22.8. The molecule has 0 aliphatic carbocycles. The Balaban J connectivity index is 1.42. The van der Waals surface area contributed by atoms with Gasteiger partial charge in [-0.3, -0.25) is 14.5 Å². The molecule has 10 heteroatoms. The molecule has 1 unspecified atom stereocenters. The molecule has 214 valence electrons. The van der Waals surface area contributed by atoms with E-state index in [1.165, 1.54) is 40.1 Å². The number of Topliss-reactive ketones (excluding diaryl/α,β-unsaturated/α-hetero) is 1. The maximum Gasteiger partial charge on any atom is 0.301 e. The van der Waals surface area contributed by atoms with Crippen LogP contribution in [-0.2, 0) is 15.3 Å². The number of ketones is 1. The standard InChI is InChI=1S/C33H24FN3O4S2/c1-20-15-16-23(18-26(20)34)29(38)27-28(22-11-8-14-25(17-22)41-24-12-6-3-7-13-24)37(31(40)30(27)39)32-35-36-33(43-32)42-19-21-9-4-2-5-10-21/h2-18,28,38H,19H2,1H3. The van der Waals surface area contributed by atoms with Crippen LogP contribution in [-0.4, -0.2) is 27.0 Å². The Kier molecular flexibility index (Phi) is 8.04. The van der Waals surface area contributed by atoms with Crippen LogP contribution in [0.2, 0.25) is 0 Å². The molecule has 1 atom stereocenters. The fourth-order valence-electron chi connectivity index (χ4n) is 4.69. The van der Waals surface area contributed by atoms with Crippen molar-refractivity contribution in [1.29, 1.82) is 0 Å². The van der Waals surface area contributed by atoms with Crippen molar-refractivity contribution >= 4 is 45.7 Å². The second-order valence-corrected chi connectivity index (χ2v) is 11.9. The molecule has 4 aromatic carbocycles. The Morgan fingerprint density at radius 2 is 1.65 bits per heavy atom. The molecule has 0 radical (unpaired) electrons. The maximum absolute atomic E-state index is 14.5. The summed E-state index contributed by atoms with van der Waals surface area (Å²) in [6.07, 6.45) is 0. The molecule has 6 rings (SSSR count). The number of hydrogen-bond acceptors (Lipinski definition) is 8. The van der Waals surface area contributed by atoms with Crippen LogP contribution in [0.5, 0.6) is 11.5 Å². The van der Waals surface area contributed by atoms with Gasteiger partial charge >= 0.3 is 5.91 Å². The smallest absolute Gasteiger partial charge is 0.301 e. The summed E-state index contributed by atoms with van der Waals surface area (Å²) in [5.41, 5.74) is 1.88. The molecular weight excluding hydrogens is 586 g/mol. The Morgan fingerprint density at radius 1 is 0.930 bits per heavy atom. The molecule has 5 aromatic rings. The van der Waals surface area contributed by atoms with Crippen molar-refractivity contribution in [3.05, 3.63) is 137 Å². The number of carbonyl (C=O) groups is 2. The van der Waals surface area contributed by atoms with Gasteiger partial charge in [0.1, 0.15) is 23.1 Å². The molecule has 43 heavy (non-hydrogen) atoms. The molecule has 1 N–H and O–H groups in total. The van der Waals surface area contributed by atoms with Crippen LogP contribution in [0.1, 0.15) is 28.3 Å². The molecule has 1 aliphatic heterocycles. The number of aliphatic hydroxyl groups excluding tert-OH is 1. The summed E-state index contributed by atoms with van der Waals surface area (Å²) in [5.74, 6) is -1.09. The number of aromatic nitrogens is 2. The topological polar surface area (TPSA) is 92.6 Å². The van der Waals surface area contributed by atoms with E-state index >= 15 is 0 Å². The summed E-state index contributed by atoms with van der Waals surface area (Å²) in [5, 5.41) is 20.1. The highest BCUT2D eigenvalue weighted by molar-refractivity contribution is 8.00. The molecule has 0 spiro atoms. The summed E-state index contributed by atoms with van der Waals surface area (Å²) in [7, 11) is 0. The molecule has 1 fully saturated rings. The van der Waals surface area contributed by atoms with E-state index in [0.29, 0.717) is 32.7 Å². The fraction of sp³-hybridized carbons (Fsp3) is 0.0909. The van der Waals surface area contributed by atoms with Crippen molar-refractivity contribution in [1.82, 2.24) is 10.2 Å². The number of anilines is 1. The highest BCUT2D eigenvalue weighted by Gasteiger charge is 2.48. The number of rotatable bonds is 8. The number of aryl methyl sites for hydroxylation is 1. The van der Waals surface area contributed by atoms with Crippen LogP contribution in [0.3, 0.4) is 0 Å². The third kappa shape index (κ3) is 5.93. The number of aliphatic hydroxyl groups is 1. The molecule has 2 heterocycles. The predicted octanol–water partition coefficient (Wildman–Crippen LogP) is 7.70. The van der Waals surface area contributed by atoms with E-state index in [9.17, 15) is 19.1 Å². The van der Waals surface area contributed by atoms with Crippen molar-refractivity contribution < 1.29 is 23.8 Å². The van der Waals surface area contributed by atoms with E-state index < -0.39 is 29.3 Å². The molecule has 1 amide bonds. The van der Waals surface area contributed by atoms with E-state index in [1.54, 1.807) is 43.3 Å². The number of para-hydroxylation sites is 1. The molecule has 7 nitrogen and oxygen atoms in total. The zero-order valence-corrected chi connectivity index (χ0v) is 24.4. The second-order valence-electron chi connectivity index (χ2n) is 9.75. The Bertz CT molecular complexity index is 1840. The third-order valence-electron chi connectivity index (χ3n) is 6.85. The van der Waals surface area contributed by atoms with Gasteiger partial charge in [0.2, 0.25) is 5.13 Å². The minimum atomic E-state index is -1.07. The van der Waals surface area contributed by atoms with Crippen LogP contribution < -0.4 is 9.64 Å². The van der Waals surface area contributed by atoms with E-state index in [-0.39, 0.29) is 16.3 Å². The first-order chi connectivity index (χ1) is 20.9. The summed E-state index contributed by atoms with van der Waals surface area (Å²) in [4.78, 5) is 28.4. The summed E-state index contributed by atoms with van der Waals surface area (Å²) in [6.45, 7) is 1.60. The van der Waals surface area contributed by atoms with Gasteiger partial charge in [0.05, 0.1) is 11.6 Å². The van der Waals surface area contributed by atoms with Crippen LogP contribution in [0.4, 0.5) is 9.52 Å². The second kappa shape index (κ2) is 12.2. The minimum absolute atomic E-state index is 0.0826. The van der Waals surface area contributed by atoms with Crippen molar-refractivity contribution in [3.8, 4) is 11.5 Å². The van der Waals surface area contributed by atoms with Gasteiger partial charge in [0.25, 0.3) is 5.78 Å². The van der Waals surface area contributed by atoms with Crippen LogP contribution >= 0.6 is 23.1 Å². The zero-order chi connectivity index (χ0) is 29.9. The number of halogens is 1. The van der Waals surface area contributed by atoms with E-state index in [2.05, 4.69) is 10.2 Å². The largest absolute Gasteiger partial charge is 0.507 e. The van der Waals surface area contributed by atoms with Gasteiger partial charge < -0.3 is 9.84 Å². The van der Waals surface area contributed by atoms with E-state index in [4.69, 9.17) is 4.74 Å². The summed E-state index contributed by atoms with van der Waals surface area (Å²) in [6, 6.07) is 29.1. The lowest BCUT2D eigenvalue weighted by Gasteiger charge is -2.23. The van der Waals surface area contributed by atoms with Gasteiger partial charge in [-0.15, -0.1) is 10.2 Å². The number of benzene rings is 4. The molecular formula is C33H24FN3O4S2. The number of carbonyl (C=O) groups excluding carboxylic acids is 2. The SMILES string of the molecule is Cc1ccc(C(O)=C2C(=O)C(=O)N(c3nnc(SCc4ccccc4)s3)C2c2cccc(Oc3ccccc3)c2)cc1F. The quantitative estimate of drug-likeness (QED) is 0.0634. The van der Waals surface area contributed by atoms with Crippen molar-refractivity contribution in [3.63, 3.8) is 0 Å². The van der Waals surface area contributed by atoms with Crippen molar-refractivity contribution in [2.45, 2.75) is 23.1 Å². The number of hydrogen-bond donors (Lipinski definition) is 1. The first kappa shape index (κ1) is 28.3. The third-order valence-corrected chi connectivity index (χ3v) is 8.98. The monoisotopic (exact) mass is 609 g/mol. The number of thioether (sulfide) groups is 1. The lowest BCUT2D eigenvalue weighted by Crippen LogP contribution is -2.29. The van der Waals surface area contributed by atoms with E-state index in [0.717, 1.165) is 11.6 Å². The van der Waals surface area contributed by atoms with Gasteiger partial charge in [0.15, 0.2) is 4.34 Å². The molecule has 1 aliphatic rings. The molecule has 1 aromatic heterocycles. The van der Waals surface area contributed by atoms with Gasteiger partial charge in [-0.2, -0.15) is 0 Å². The lowest BCUT2D eigenvalue weighted by molar-refractivity contribution is -0.132. The highest BCUT2D eigenvalue weighted by Crippen LogP contribution is 2.45. The molecule has 0 saturated carbocycles. The van der Waals surface area contributed by atoms with Crippen molar-refractivity contribution in [2.24, 2.45) is 0 Å². The first-order valence-electron chi connectivity index (χ1n) is 13.3. The van der Waals surface area contributed by atoms with E-state index in [1.807, 2.05) is 48.5 Å². The molecule has 1 saturated heterocycles. The number of amides is 1. The lowest BCUT2D eigenvalue weighted by atomic mass is 9.95. The van der Waals surface area contributed by atoms with Crippen LogP contribution in [0.25, 0.3) is 5.76 Å². The summed E-state index contributed by atoms with van der Waals surface area (Å²) < 4.78 is 21.1. The number of nitrogens with zero attached hydrogens (tertiary/aromatic N) is 3. The van der Waals surface area contributed by atoms with Gasteiger partial charge in [-0.05, 0) is 53.9 Å². The maximum atomic E-state index is 14.5. The normalized spacial score (nSPS) is 16.0. The summed E-state index contributed by atoms with van der Waals surface area (Å²) >= 11 is 2.63. The Labute approximate surface area is 255 Å². The van der Waals surface area contributed by atoms with Crippen LogP contribution in [0.15, 0.2) is 113 Å². The Morgan fingerprint density at radius 3 is 2.40 bits per heavy atom. The Hall–Kier alpha value is -4.80. The van der Waals surface area contributed by atoms with Crippen LogP contribution in [0, 0.1) is 12.7 Å². The predicted molar refractivity (Wildman–Crippen MR) is 165 cm³/mol. The van der Waals surface area contributed by atoms with Gasteiger partial charge in [-0.1, -0.05) is 95.9 Å². The minimum Gasteiger partial charge on any atom is -0.507 e. The average Bonchev–Trinajstić information content (AvgIpc) is 3.60. The highest BCUT2D eigenvalue weighted by atomic mass is 32.2. The van der Waals surface area contributed by atoms with Gasteiger partial charge in [0, 0.05) is 11.3 Å². The van der Waals surface area contributed by atoms with Crippen molar-refractivity contribution in [2.75, 3.05) is 4.90 Å².